The van der Waals surface area contributed by atoms with E-state index in [1.165, 1.54) is 12.3 Å². The molecule has 13 heteroatoms. The Labute approximate surface area is 262 Å². The number of benzene rings is 2. The summed E-state index contributed by atoms with van der Waals surface area (Å²) in [5, 5.41) is 6.01. The lowest BCUT2D eigenvalue weighted by Gasteiger charge is -2.33. The molecule has 6 rings (SSSR count). The topological polar surface area (TPSA) is 85.4 Å². The van der Waals surface area contributed by atoms with Crippen LogP contribution in [0, 0.1) is 5.82 Å². The summed E-state index contributed by atoms with van der Waals surface area (Å²) in [6.45, 7) is 5.77. The number of alkyl halides is 3. The van der Waals surface area contributed by atoms with E-state index in [1.807, 2.05) is 30.2 Å². The Kier molecular flexibility index (Phi) is 8.49. The van der Waals surface area contributed by atoms with Gasteiger partial charge in [0.2, 0.25) is 5.82 Å². The van der Waals surface area contributed by atoms with Crippen molar-refractivity contribution in [1.29, 1.82) is 0 Å². The van der Waals surface area contributed by atoms with E-state index in [1.54, 1.807) is 32.2 Å². The number of ether oxygens (including phenoxy) is 3. The number of methoxy groups -OCH3 is 1. The van der Waals surface area contributed by atoms with Crippen molar-refractivity contribution in [3.63, 3.8) is 0 Å². The van der Waals surface area contributed by atoms with Crippen molar-refractivity contribution in [2.24, 2.45) is 0 Å². The minimum absolute atomic E-state index is 0.0648. The molecule has 8 nitrogen and oxygen atoms in total. The third kappa shape index (κ3) is 6.49. The normalized spacial score (nSPS) is 19.6. The minimum Gasteiger partial charge on any atom is -0.444 e. The van der Waals surface area contributed by atoms with Gasteiger partial charge in [0, 0.05) is 49.3 Å². The minimum atomic E-state index is -4.62. The summed E-state index contributed by atoms with van der Waals surface area (Å²) in [4.78, 5) is 10.6. The molecule has 2 atom stereocenters. The number of fused-ring (bicyclic) bond motifs is 1. The van der Waals surface area contributed by atoms with Crippen LogP contribution in [-0.2, 0) is 29.7 Å². The van der Waals surface area contributed by atoms with Crippen LogP contribution >= 0.6 is 11.6 Å². The Balaban J connectivity index is 1.16. The maximum absolute atomic E-state index is 14.8. The zero-order chi connectivity index (χ0) is 31.9. The molecule has 1 fully saturated rings. The standard InChI is InChI=1S/C32H32ClF4N5O3/c1-18(43-3)13-20-14-21(29-39-30(41-40-29)32(35,36)37)16-38-26(20)17-42-11-9-19(10-12-42)23-5-4-6-27-28(23)45-31(2,44-27)24-8-7-22(33)15-25(24)34/h4-8,14-16,18-19H,9-13,17H2,1-3H3,(H,39,40,41)/t18?,31-/m0/s1. The second-order valence-corrected chi connectivity index (χ2v) is 12.0. The quantitative estimate of drug-likeness (QED) is 0.202. The SMILES string of the molecule is COC(C)Cc1cc(-c2n[nH]c(C(F)(F)F)n2)cnc1CN1CCC(c2cccc3c2O[C@@](C)(c2ccc(Cl)cc2F)O3)CC1. The number of halogens is 5. The van der Waals surface area contributed by atoms with Crippen LogP contribution in [-0.4, -0.2) is 51.4 Å². The molecular weight excluding hydrogens is 614 g/mol. The summed E-state index contributed by atoms with van der Waals surface area (Å²) in [6, 6.07) is 12.0. The van der Waals surface area contributed by atoms with E-state index < -0.39 is 23.6 Å². The number of para-hydroxylation sites is 1. The summed E-state index contributed by atoms with van der Waals surface area (Å²) in [7, 11) is 1.61. The molecule has 0 radical (unpaired) electrons. The van der Waals surface area contributed by atoms with Crippen molar-refractivity contribution in [3.8, 4) is 22.9 Å². The van der Waals surface area contributed by atoms with Crippen LogP contribution in [0.1, 0.15) is 60.8 Å². The smallest absolute Gasteiger partial charge is 0.444 e. The second-order valence-electron chi connectivity index (χ2n) is 11.6. The highest BCUT2D eigenvalue weighted by molar-refractivity contribution is 6.30. The van der Waals surface area contributed by atoms with E-state index in [2.05, 4.69) is 20.0 Å². The highest BCUT2D eigenvalue weighted by atomic mass is 35.5. The molecular formula is C32H32ClF4N5O3. The number of hydrogen-bond donors (Lipinski definition) is 1. The molecule has 4 heterocycles. The number of hydrogen-bond acceptors (Lipinski definition) is 7. The van der Waals surface area contributed by atoms with E-state index >= 15 is 0 Å². The Morgan fingerprint density at radius 2 is 1.93 bits per heavy atom. The summed E-state index contributed by atoms with van der Waals surface area (Å²) < 4.78 is 72.0. The number of rotatable bonds is 8. The number of H-pyrrole nitrogens is 1. The highest BCUT2D eigenvalue weighted by Gasteiger charge is 2.43. The second kappa shape index (κ2) is 12.2. The molecule has 1 unspecified atom stereocenters. The molecule has 1 saturated heterocycles. The fourth-order valence-electron chi connectivity index (χ4n) is 5.94. The lowest BCUT2D eigenvalue weighted by atomic mass is 9.88. The first-order chi connectivity index (χ1) is 21.4. The molecule has 2 aromatic carbocycles. The molecule has 238 valence electrons. The number of nitrogens with one attached hydrogen (secondary N) is 1. The van der Waals surface area contributed by atoms with Crippen molar-refractivity contribution in [1.82, 2.24) is 25.1 Å². The van der Waals surface area contributed by atoms with Gasteiger partial charge in [-0.1, -0.05) is 23.7 Å². The number of pyridine rings is 1. The molecule has 2 aliphatic rings. The molecule has 0 aliphatic carbocycles. The van der Waals surface area contributed by atoms with Gasteiger partial charge < -0.3 is 14.2 Å². The molecule has 0 saturated carbocycles. The number of piperidine rings is 1. The molecule has 0 amide bonds. The van der Waals surface area contributed by atoms with Crippen molar-refractivity contribution in [2.45, 2.75) is 63.6 Å². The summed E-state index contributed by atoms with van der Waals surface area (Å²) in [5.74, 6) is -1.64. The van der Waals surface area contributed by atoms with Crippen LogP contribution in [0.15, 0.2) is 48.7 Å². The zero-order valence-corrected chi connectivity index (χ0v) is 25.7. The van der Waals surface area contributed by atoms with Crippen LogP contribution in [0.4, 0.5) is 17.6 Å². The average molecular weight is 646 g/mol. The first-order valence-corrected chi connectivity index (χ1v) is 15.0. The van der Waals surface area contributed by atoms with Crippen molar-refractivity contribution < 1.29 is 31.8 Å². The van der Waals surface area contributed by atoms with Crippen LogP contribution in [0.25, 0.3) is 11.4 Å². The molecule has 0 bridgehead atoms. The summed E-state index contributed by atoms with van der Waals surface area (Å²) in [5.41, 5.74) is 3.37. The van der Waals surface area contributed by atoms with E-state index in [0.29, 0.717) is 35.1 Å². The van der Waals surface area contributed by atoms with Gasteiger partial charge in [0.15, 0.2) is 17.3 Å². The maximum atomic E-state index is 14.8. The Morgan fingerprint density at radius 1 is 1.16 bits per heavy atom. The van der Waals surface area contributed by atoms with Gasteiger partial charge in [-0.25, -0.2) is 9.37 Å². The lowest BCUT2D eigenvalue weighted by molar-refractivity contribution is -0.144. The molecule has 45 heavy (non-hydrogen) atoms. The first-order valence-electron chi connectivity index (χ1n) is 14.6. The number of aromatic nitrogens is 4. The van der Waals surface area contributed by atoms with E-state index in [4.69, 9.17) is 25.8 Å². The first kappa shape index (κ1) is 31.3. The van der Waals surface area contributed by atoms with E-state index in [9.17, 15) is 17.6 Å². The van der Waals surface area contributed by atoms with Gasteiger partial charge in [0.25, 0.3) is 5.79 Å². The van der Waals surface area contributed by atoms with Gasteiger partial charge in [-0.05, 0) is 74.7 Å². The predicted octanol–water partition coefficient (Wildman–Crippen LogP) is 7.28. The van der Waals surface area contributed by atoms with Crippen LogP contribution in [0.5, 0.6) is 11.5 Å². The van der Waals surface area contributed by atoms with Gasteiger partial charge in [-0.2, -0.15) is 18.3 Å². The third-order valence-corrected chi connectivity index (χ3v) is 8.65. The van der Waals surface area contributed by atoms with Gasteiger partial charge >= 0.3 is 6.18 Å². The summed E-state index contributed by atoms with van der Waals surface area (Å²) >= 11 is 5.96. The lowest BCUT2D eigenvalue weighted by Crippen LogP contribution is -2.34. The predicted molar refractivity (Wildman–Crippen MR) is 159 cm³/mol. The Bertz CT molecular complexity index is 1690. The zero-order valence-electron chi connectivity index (χ0n) is 24.9. The number of aromatic amines is 1. The van der Waals surface area contributed by atoms with Gasteiger partial charge in [-0.15, -0.1) is 0 Å². The van der Waals surface area contributed by atoms with Crippen LogP contribution in [0.3, 0.4) is 0 Å². The van der Waals surface area contributed by atoms with E-state index in [-0.39, 0.29) is 23.4 Å². The van der Waals surface area contributed by atoms with Crippen LogP contribution < -0.4 is 9.47 Å². The van der Waals surface area contributed by atoms with Gasteiger partial charge in [-0.3, -0.25) is 15.0 Å². The van der Waals surface area contributed by atoms with Crippen molar-refractivity contribution in [2.75, 3.05) is 20.2 Å². The fraction of sp³-hybridized carbons (Fsp3) is 0.406. The monoisotopic (exact) mass is 645 g/mol. The third-order valence-electron chi connectivity index (χ3n) is 8.41. The van der Waals surface area contributed by atoms with Crippen LogP contribution in [0.2, 0.25) is 5.02 Å². The molecule has 2 aromatic heterocycles. The molecule has 2 aliphatic heterocycles. The largest absolute Gasteiger partial charge is 0.451 e. The molecule has 1 N–H and O–H groups in total. The van der Waals surface area contributed by atoms with E-state index in [0.717, 1.165) is 42.8 Å². The summed E-state index contributed by atoms with van der Waals surface area (Å²) in [6.07, 6.45) is -1.00. The average Bonchev–Trinajstić information content (AvgIpc) is 3.64. The van der Waals surface area contributed by atoms with Gasteiger partial charge in [0.1, 0.15) is 5.82 Å². The Hall–Kier alpha value is -3.74. The maximum Gasteiger partial charge on any atom is 0.451 e. The van der Waals surface area contributed by atoms with Crippen molar-refractivity contribution in [3.05, 3.63) is 87.7 Å². The number of nitrogens with zero attached hydrogens (tertiary/aromatic N) is 4. The van der Waals surface area contributed by atoms with Crippen molar-refractivity contribution >= 4 is 11.6 Å². The Morgan fingerprint density at radius 3 is 2.62 bits per heavy atom. The highest BCUT2D eigenvalue weighted by Crippen LogP contribution is 2.50. The van der Waals surface area contributed by atoms with Gasteiger partial charge in [0.05, 0.1) is 17.4 Å². The molecule has 4 aromatic rings. The fourth-order valence-corrected chi connectivity index (χ4v) is 6.10. The number of likely N-dealkylation sites (tertiary alicyclic amines) is 1. The molecule has 0 spiro atoms.